The van der Waals surface area contributed by atoms with Gasteiger partial charge in [-0.3, -0.25) is 9.71 Å². The molecule has 0 fully saturated rings. The summed E-state index contributed by atoms with van der Waals surface area (Å²) in [4.78, 5) is 8.53. The van der Waals surface area contributed by atoms with Crippen molar-refractivity contribution in [1.82, 2.24) is 9.97 Å². The Kier molecular flexibility index (Phi) is 5.45. The summed E-state index contributed by atoms with van der Waals surface area (Å²) >= 11 is 0. The minimum Gasteiger partial charge on any atom is -0.454 e. The van der Waals surface area contributed by atoms with Gasteiger partial charge in [0.05, 0.1) is 4.75 Å². The van der Waals surface area contributed by atoms with Crippen molar-refractivity contribution in [2.24, 2.45) is 0 Å². The molecule has 0 saturated heterocycles. The van der Waals surface area contributed by atoms with Crippen molar-refractivity contribution >= 4 is 21.5 Å². The van der Waals surface area contributed by atoms with E-state index in [-0.39, 0.29) is 12.6 Å². The Morgan fingerprint density at radius 3 is 2.42 bits per heavy atom. The van der Waals surface area contributed by atoms with Crippen LogP contribution in [0.4, 0.5) is 11.5 Å². The zero-order chi connectivity index (χ0) is 22.1. The first-order valence-electron chi connectivity index (χ1n) is 9.79. The molecule has 1 aliphatic heterocycles. The second-order valence-corrected chi connectivity index (χ2v) is 10.5. The molecule has 0 atom stereocenters. The van der Waals surface area contributed by atoms with Crippen molar-refractivity contribution in [2.75, 3.05) is 16.8 Å². The van der Waals surface area contributed by atoms with Crippen molar-refractivity contribution in [3.63, 3.8) is 0 Å². The van der Waals surface area contributed by atoms with Gasteiger partial charge in [-0.2, -0.15) is 0 Å². The molecule has 2 aromatic carbocycles. The van der Waals surface area contributed by atoms with Crippen LogP contribution in [-0.2, 0) is 16.6 Å². The van der Waals surface area contributed by atoms with Crippen LogP contribution in [0.5, 0.6) is 11.5 Å². The summed E-state index contributed by atoms with van der Waals surface area (Å²) in [6.45, 7) is 5.76. The molecule has 9 heteroatoms. The molecule has 2 heterocycles. The van der Waals surface area contributed by atoms with Gasteiger partial charge in [-0.15, -0.1) is 0 Å². The standard InChI is InChI=1S/C22H24N4O4S/c1-22(2,3)31(27,28)26-21-20(23-10-11-24-21)16-6-4-15(5-7-16)13-25-17-8-9-18-19(12-17)30-14-29-18/h4-12,25H,13-14H2,1-3H3,(H,24,26). The molecule has 1 aromatic heterocycles. The quantitative estimate of drug-likeness (QED) is 0.597. The van der Waals surface area contributed by atoms with Crippen LogP contribution in [0.3, 0.4) is 0 Å². The number of nitrogens with one attached hydrogen (secondary N) is 2. The third-order valence-electron chi connectivity index (χ3n) is 4.83. The van der Waals surface area contributed by atoms with Gasteiger partial charge in [-0.05, 0) is 38.5 Å². The average Bonchev–Trinajstić information content (AvgIpc) is 3.20. The summed E-state index contributed by atoms with van der Waals surface area (Å²) in [6, 6.07) is 13.4. The van der Waals surface area contributed by atoms with Gasteiger partial charge < -0.3 is 14.8 Å². The smallest absolute Gasteiger partial charge is 0.238 e. The number of hydrogen-bond acceptors (Lipinski definition) is 7. The molecule has 3 aromatic rings. The fraction of sp³-hybridized carbons (Fsp3) is 0.273. The van der Waals surface area contributed by atoms with Gasteiger partial charge in [-0.1, -0.05) is 24.3 Å². The highest BCUT2D eigenvalue weighted by molar-refractivity contribution is 7.94. The van der Waals surface area contributed by atoms with Crippen LogP contribution in [0.1, 0.15) is 26.3 Å². The van der Waals surface area contributed by atoms with E-state index in [0.717, 1.165) is 28.3 Å². The Bertz CT molecular complexity index is 1190. The highest BCUT2D eigenvalue weighted by Gasteiger charge is 2.30. The summed E-state index contributed by atoms with van der Waals surface area (Å²) in [7, 11) is -3.61. The lowest BCUT2D eigenvalue weighted by molar-refractivity contribution is 0.174. The molecule has 2 N–H and O–H groups in total. The molecule has 1 aliphatic rings. The second-order valence-electron chi connectivity index (χ2n) is 8.09. The third-order valence-corrected chi connectivity index (χ3v) is 6.91. The SMILES string of the molecule is CC(C)(C)S(=O)(=O)Nc1nccnc1-c1ccc(CNc2ccc3c(c2)OCO3)cc1. The molecule has 0 saturated carbocycles. The van der Waals surface area contributed by atoms with Crippen molar-refractivity contribution < 1.29 is 17.9 Å². The van der Waals surface area contributed by atoms with Gasteiger partial charge in [-0.25, -0.2) is 13.4 Å². The minimum atomic E-state index is -3.61. The molecule has 0 spiro atoms. The highest BCUT2D eigenvalue weighted by atomic mass is 32.2. The van der Waals surface area contributed by atoms with Gasteiger partial charge in [0.2, 0.25) is 16.8 Å². The van der Waals surface area contributed by atoms with Crippen molar-refractivity contribution in [3.8, 4) is 22.8 Å². The lowest BCUT2D eigenvalue weighted by Gasteiger charge is -2.20. The maximum absolute atomic E-state index is 12.5. The van der Waals surface area contributed by atoms with Gasteiger partial charge in [0, 0.05) is 36.3 Å². The van der Waals surface area contributed by atoms with E-state index >= 15 is 0 Å². The van der Waals surface area contributed by atoms with Crippen LogP contribution in [0, 0.1) is 0 Å². The zero-order valence-electron chi connectivity index (χ0n) is 17.5. The first kappa shape index (κ1) is 20.9. The molecule has 162 valence electrons. The van der Waals surface area contributed by atoms with Crippen LogP contribution < -0.4 is 19.5 Å². The van der Waals surface area contributed by atoms with Gasteiger partial charge in [0.15, 0.2) is 17.3 Å². The Hall–Kier alpha value is -3.33. The number of sulfonamides is 1. The van der Waals surface area contributed by atoms with Crippen LogP contribution >= 0.6 is 0 Å². The van der Waals surface area contributed by atoms with Crippen molar-refractivity contribution in [2.45, 2.75) is 32.1 Å². The molecule has 0 amide bonds. The highest BCUT2D eigenvalue weighted by Crippen LogP contribution is 2.34. The molecule has 0 aliphatic carbocycles. The molecule has 0 unspecified atom stereocenters. The normalized spacial score (nSPS) is 13.1. The van der Waals surface area contributed by atoms with Gasteiger partial charge in [0.1, 0.15) is 5.69 Å². The molecule has 0 radical (unpaired) electrons. The van der Waals surface area contributed by atoms with E-state index in [4.69, 9.17) is 9.47 Å². The number of aromatic nitrogens is 2. The number of fused-ring (bicyclic) bond motifs is 1. The van der Waals surface area contributed by atoms with E-state index in [1.807, 2.05) is 42.5 Å². The second kappa shape index (κ2) is 8.07. The van der Waals surface area contributed by atoms with E-state index in [2.05, 4.69) is 20.0 Å². The molecule has 0 bridgehead atoms. The monoisotopic (exact) mass is 440 g/mol. The number of ether oxygens (including phenoxy) is 2. The number of anilines is 2. The maximum atomic E-state index is 12.5. The summed E-state index contributed by atoms with van der Waals surface area (Å²) in [5, 5.41) is 3.35. The summed E-state index contributed by atoms with van der Waals surface area (Å²) in [6.07, 6.45) is 3.01. The van der Waals surface area contributed by atoms with Crippen LogP contribution in [0.15, 0.2) is 54.9 Å². The Labute approximate surface area is 181 Å². The number of benzene rings is 2. The van der Waals surface area contributed by atoms with Gasteiger partial charge >= 0.3 is 0 Å². The first-order chi connectivity index (χ1) is 14.7. The van der Waals surface area contributed by atoms with Crippen molar-refractivity contribution in [3.05, 3.63) is 60.4 Å². The summed E-state index contributed by atoms with van der Waals surface area (Å²) in [5.74, 6) is 1.69. The predicted octanol–water partition coefficient (Wildman–Crippen LogP) is 4.02. The first-order valence-corrected chi connectivity index (χ1v) is 11.3. The van der Waals surface area contributed by atoms with Crippen LogP contribution in [-0.4, -0.2) is 29.9 Å². The average molecular weight is 441 g/mol. The minimum absolute atomic E-state index is 0.212. The summed E-state index contributed by atoms with van der Waals surface area (Å²) in [5.41, 5.74) is 3.24. The molecular formula is C22H24N4O4S. The topological polar surface area (TPSA) is 102 Å². The largest absolute Gasteiger partial charge is 0.454 e. The lowest BCUT2D eigenvalue weighted by atomic mass is 10.1. The summed E-state index contributed by atoms with van der Waals surface area (Å²) < 4.78 is 37.4. The maximum Gasteiger partial charge on any atom is 0.238 e. The number of nitrogens with zero attached hydrogens (tertiary/aromatic N) is 2. The third kappa shape index (κ3) is 4.56. The van der Waals surface area contributed by atoms with E-state index in [1.54, 1.807) is 27.0 Å². The number of rotatable bonds is 6. The van der Waals surface area contributed by atoms with Crippen LogP contribution in [0.2, 0.25) is 0 Å². The zero-order valence-corrected chi connectivity index (χ0v) is 18.4. The molecular weight excluding hydrogens is 416 g/mol. The molecule has 4 rings (SSSR count). The Morgan fingerprint density at radius 2 is 1.68 bits per heavy atom. The predicted molar refractivity (Wildman–Crippen MR) is 120 cm³/mol. The Morgan fingerprint density at radius 1 is 0.968 bits per heavy atom. The van der Waals surface area contributed by atoms with Gasteiger partial charge in [0.25, 0.3) is 0 Å². The van der Waals surface area contributed by atoms with Crippen molar-refractivity contribution in [1.29, 1.82) is 0 Å². The fourth-order valence-electron chi connectivity index (χ4n) is 2.90. The van der Waals surface area contributed by atoms with E-state index in [0.29, 0.717) is 12.2 Å². The van der Waals surface area contributed by atoms with E-state index in [1.165, 1.54) is 6.20 Å². The molecule has 31 heavy (non-hydrogen) atoms. The van der Waals surface area contributed by atoms with E-state index < -0.39 is 14.8 Å². The Balaban J connectivity index is 1.48. The number of hydrogen-bond donors (Lipinski definition) is 2. The lowest BCUT2D eigenvalue weighted by Crippen LogP contribution is -2.34. The van der Waals surface area contributed by atoms with Crippen LogP contribution in [0.25, 0.3) is 11.3 Å². The van der Waals surface area contributed by atoms with E-state index in [9.17, 15) is 8.42 Å². The fourth-order valence-corrected chi connectivity index (χ4v) is 3.61. The molecule has 8 nitrogen and oxygen atoms in total.